The van der Waals surface area contributed by atoms with E-state index in [-0.39, 0.29) is 17.3 Å². The number of aromatic nitrogens is 3. The minimum atomic E-state index is -0.130. The van der Waals surface area contributed by atoms with E-state index in [0.717, 1.165) is 19.4 Å². The van der Waals surface area contributed by atoms with Gasteiger partial charge in [0.05, 0.1) is 6.04 Å². The summed E-state index contributed by atoms with van der Waals surface area (Å²) in [7, 11) is 0. The fourth-order valence-corrected chi connectivity index (χ4v) is 2.80. The Labute approximate surface area is 111 Å². The molecule has 19 heavy (non-hydrogen) atoms. The maximum Gasteiger partial charge on any atom is 0.343 e. The number of hydrogen-bond acceptors (Lipinski definition) is 3. The van der Waals surface area contributed by atoms with Crippen molar-refractivity contribution in [3.05, 3.63) is 52.7 Å². The van der Waals surface area contributed by atoms with Crippen molar-refractivity contribution in [1.29, 1.82) is 0 Å². The molecule has 0 aliphatic carbocycles. The molecule has 100 valence electrons. The van der Waals surface area contributed by atoms with Crippen molar-refractivity contribution in [2.45, 2.75) is 31.3 Å². The lowest BCUT2D eigenvalue weighted by Gasteiger charge is -2.39. The van der Waals surface area contributed by atoms with Crippen LogP contribution in [0.2, 0.25) is 0 Å². The lowest BCUT2D eigenvalue weighted by molar-refractivity contribution is 0.224. The van der Waals surface area contributed by atoms with Crippen LogP contribution in [0.15, 0.2) is 41.5 Å². The van der Waals surface area contributed by atoms with E-state index < -0.39 is 0 Å². The first-order valence-electron chi connectivity index (χ1n) is 6.61. The van der Waals surface area contributed by atoms with Crippen LogP contribution in [0.1, 0.15) is 31.4 Å². The van der Waals surface area contributed by atoms with Crippen LogP contribution in [0.4, 0.5) is 0 Å². The number of nitrogens with zero attached hydrogens (tertiary/aromatic N) is 2. The molecule has 0 spiro atoms. The van der Waals surface area contributed by atoms with Crippen molar-refractivity contribution < 1.29 is 0 Å². The van der Waals surface area contributed by atoms with Crippen molar-refractivity contribution in [3.8, 4) is 0 Å². The zero-order valence-electron chi connectivity index (χ0n) is 11.0. The molecule has 1 saturated heterocycles. The van der Waals surface area contributed by atoms with Gasteiger partial charge in [0.25, 0.3) is 0 Å². The molecular weight excluding hydrogens is 240 g/mol. The third-order valence-electron chi connectivity index (χ3n) is 4.09. The third kappa shape index (κ3) is 2.21. The maximum absolute atomic E-state index is 11.6. The van der Waals surface area contributed by atoms with Gasteiger partial charge in [-0.1, -0.05) is 30.3 Å². The van der Waals surface area contributed by atoms with Crippen molar-refractivity contribution in [3.63, 3.8) is 0 Å². The van der Waals surface area contributed by atoms with Crippen LogP contribution in [-0.2, 0) is 5.54 Å². The predicted octanol–water partition coefficient (Wildman–Crippen LogP) is 1.41. The smallest absolute Gasteiger partial charge is 0.306 e. The molecule has 0 radical (unpaired) electrons. The Morgan fingerprint density at radius 2 is 2.16 bits per heavy atom. The number of H-pyrrole nitrogens is 1. The Balaban J connectivity index is 1.76. The standard InChI is InChI=1S/C14H18N4O/c1-14(11-5-3-2-4-6-11)8-7-12(9-15-14)18-10-16-17-13(18)19/h2-6,10,12,15H,7-9H2,1H3,(H,17,19)/t12?,14-/m0/s1. The first-order chi connectivity index (χ1) is 9.19. The average molecular weight is 258 g/mol. The van der Waals surface area contributed by atoms with Crippen molar-refractivity contribution in [2.75, 3.05) is 6.54 Å². The van der Waals surface area contributed by atoms with Gasteiger partial charge in [0, 0.05) is 12.1 Å². The number of nitrogens with one attached hydrogen (secondary N) is 2. The van der Waals surface area contributed by atoms with E-state index in [4.69, 9.17) is 0 Å². The molecule has 1 aliphatic rings. The summed E-state index contributed by atoms with van der Waals surface area (Å²) in [5.74, 6) is 0. The Hall–Kier alpha value is -1.88. The molecule has 2 N–H and O–H groups in total. The molecule has 1 unspecified atom stereocenters. The molecule has 2 aromatic rings. The van der Waals surface area contributed by atoms with Crippen LogP contribution < -0.4 is 11.0 Å². The molecule has 1 aliphatic heterocycles. The summed E-state index contributed by atoms with van der Waals surface area (Å²) in [4.78, 5) is 11.6. The summed E-state index contributed by atoms with van der Waals surface area (Å²) in [6.45, 7) is 3.00. The van der Waals surface area contributed by atoms with Crippen LogP contribution in [0.5, 0.6) is 0 Å². The van der Waals surface area contributed by atoms with Crippen LogP contribution in [0, 0.1) is 0 Å². The number of benzene rings is 1. The normalized spacial score (nSPS) is 27.3. The SMILES string of the molecule is C[C@@]1(c2ccccc2)CCC(n2cn[nH]c2=O)CN1. The molecular formula is C14H18N4O. The average Bonchev–Trinajstić information content (AvgIpc) is 2.87. The van der Waals surface area contributed by atoms with E-state index in [1.165, 1.54) is 5.56 Å². The Bertz CT molecular complexity index is 593. The van der Waals surface area contributed by atoms with E-state index in [0.29, 0.717) is 0 Å². The van der Waals surface area contributed by atoms with E-state index >= 15 is 0 Å². The van der Waals surface area contributed by atoms with Crippen molar-refractivity contribution in [2.24, 2.45) is 0 Å². The topological polar surface area (TPSA) is 62.7 Å². The van der Waals surface area contributed by atoms with Gasteiger partial charge in [0.1, 0.15) is 6.33 Å². The fourth-order valence-electron chi connectivity index (χ4n) is 2.80. The van der Waals surface area contributed by atoms with E-state index in [2.05, 4.69) is 46.7 Å². The Kier molecular flexibility index (Phi) is 2.98. The highest BCUT2D eigenvalue weighted by atomic mass is 16.1. The number of hydrogen-bond donors (Lipinski definition) is 2. The number of piperidine rings is 1. The molecule has 1 fully saturated rings. The minimum absolute atomic E-state index is 0.00883. The van der Waals surface area contributed by atoms with Gasteiger partial charge in [-0.05, 0) is 25.3 Å². The van der Waals surface area contributed by atoms with Crippen LogP contribution >= 0.6 is 0 Å². The van der Waals surface area contributed by atoms with Gasteiger partial charge >= 0.3 is 5.69 Å². The summed E-state index contributed by atoms with van der Waals surface area (Å²) >= 11 is 0. The molecule has 1 aromatic carbocycles. The Morgan fingerprint density at radius 3 is 2.74 bits per heavy atom. The van der Waals surface area contributed by atoms with Gasteiger partial charge in [-0.15, -0.1) is 0 Å². The predicted molar refractivity (Wildman–Crippen MR) is 72.9 cm³/mol. The minimum Gasteiger partial charge on any atom is -0.306 e. The van der Waals surface area contributed by atoms with Gasteiger partial charge in [0.2, 0.25) is 0 Å². The molecule has 3 rings (SSSR count). The monoisotopic (exact) mass is 258 g/mol. The zero-order valence-corrected chi connectivity index (χ0v) is 11.0. The molecule has 2 heterocycles. The van der Waals surface area contributed by atoms with Crippen molar-refractivity contribution >= 4 is 0 Å². The maximum atomic E-state index is 11.6. The molecule has 5 nitrogen and oxygen atoms in total. The van der Waals surface area contributed by atoms with Gasteiger partial charge in [-0.3, -0.25) is 4.57 Å². The van der Waals surface area contributed by atoms with E-state index in [1.54, 1.807) is 10.9 Å². The van der Waals surface area contributed by atoms with Crippen LogP contribution in [0.25, 0.3) is 0 Å². The Morgan fingerprint density at radius 1 is 1.37 bits per heavy atom. The van der Waals surface area contributed by atoms with Gasteiger partial charge < -0.3 is 5.32 Å². The summed E-state index contributed by atoms with van der Waals surface area (Å²) in [6.07, 6.45) is 3.55. The van der Waals surface area contributed by atoms with Crippen LogP contribution in [0.3, 0.4) is 0 Å². The number of aromatic amines is 1. The largest absolute Gasteiger partial charge is 0.343 e. The van der Waals surface area contributed by atoms with Gasteiger partial charge in [0.15, 0.2) is 0 Å². The lowest BCUT2D eigenvalue weighted by atomic mass is 9.83. The number of rotatable bonds is 2. The molecule has 1 aromatic heterocycles. The summed E-state index contributed by atoms with van der Waals surface area (Å²) < 4.78 is 1.68. The van der Waals surface area contributed by atoms with Gasteiger partial charge in [-0.2, -0.15) is 5.10 Å². The van der Waals surface area contributed by atoms with Gasteiger partial charge in [-0.25, -0.2) is 9.89 Å². The first kappa shape index (κ1) is 12.2. The lowest BCUT2D eigenvalue weighted by Crippen LogP contribution is -2.48. The highest BCUT2D eigenvalue weighted by molar-refractivity contribution is 5.24. The summed E-state index contributed by atoms with van der Waals surface area (Å²) in [5.41, 5.74) is 1.16. The van der Waals surface area contributed by atoms with E-state index in [9.17, 15) is 4.79 Å². The quantitative estimate of drug-likeness (QED) is 0.856. The van der Waals surface area contributed by atoms with Crippen LogP contribution in [-0.4, -0.2) is 21.3 Å². The summed E-state index contributed by atoms with van der Waals surface area (Å²) in [5, 5.41) is 9.81. The first-order valence-corrected chi connectivity index (χ1v) is 6.61. The third-order valence-corrected chi connectivity index (χ3v) is 4.09. The second kappa shape index (κ2) is 4.66. The second-order valence-corrected chi connectivity index (χ2v) is 5.34. The fraction of sp³-hybridized carbons (Fsp3) is 0.429. The molecule has 5 heteroatoms. The molecule has 0 amide bonds. The highest BCUT2D eigenvalue weighted by Gasteiger charge is 2.32. The summed E-state index contributed by atoms with van der Waals surface area (Å²) in [6, 6.07) is 10.6. The van der Waals surface area contributed by atoms with E-state index in [1.807, 2.05) is 6.07 Å². The van der Waals surface area contributed by atoms with Crippen molar-refractivity contribution in [1.82, 2.24) is 20.1 Å². The zero-order chi connectivity index (χ0) is 13.3. The highest BCUT2D eigenvalue weighted by Crippen LogP contribution is 2.32. The second-order valence-electron chi connectivity index (χ2n) is 5.34. The molecule has 0 saturated carbocycles. The molecule has 0 bridgehead atoms. The molecule has 2 atom stereocenters.